The molecule has 3 rings (SSSR count). The van der Waals surface area contributed by atoms with E-state index in [-0.39, 0.29) is 0 Å². The van der Waals surface area contributed by atoms with E-state index in [2.05, 4.69) is 15.5 Å². The zero-order valence-corrected chi connectivity index (χ0v) is 13.9. The van der Waals surface area contributed by atoms with Crippen molar-refractivity contribution in [3.05, 3.63) is 53.9 Å². The monoisotopic (exact) mass is 325 g/mol. The summed E-state index contributed by atoms with van der Waals surface area (Å²) in [4.78, 5) is 0. The van der Waals surface area contributed by atoms with E-state index in [9.17, 15) is 0 Å². The van der Waals surface area contributed by atoms with Crippen molar-refractivity contribution in [1.82, 2.24) is 10.2 Å². The fourth-order valence-corrected chi connectivity index (χ4v) is 2.26. The summed E-state index contributed by atoms with van der Waals surface area (Å²) in [6, 6.07) is 13.5. The van der Waals surface area contributed by atoms with Gasteiger partial charge in [-0.2, -0.15) is 0 Å². The molecule has 1 N–H and O–H groups in total. The molecule has 0 aliphatic heterocycles. The van der Waals surface area contributed by atoms with Crippen LogP contribution in [0.25, 0.3) is 11.5 Å². The summed E-state index contributed by atoms with van der Waals surface area (Å²) in [5, 5.41) is 11.4. The fraction of sp³-hybridized carbons (Fsp3) is 0.222. The van der Waals surface area contributed by atoms with Crippen molar-refractivity contribution in [2.75, 3.05) is 19.5 Å². The molecular weight excluding hydrogens is 306 g/mol. The first-order valence-corrected chi connectivity index (χ1v) is 7.55. The van der Waals surface area contributed by atoms with Crippen LogP contribution < -0.4 is 14.8 Å². The van der Waals surface area contributed by atoms with Gasteiger partial charge in [-0.15, -0.1) is 10.2 Å². The molecule has 0 atom stereocenters. The van der Waals surface area contributed by atoms with Gasteiger partial charge in [0.05, 0.1) is 26.5 Å². The van der Waals surface area contributed by atoms with Crippen LogP contribution in [0.4, 0.5) is 5.69 Å². The van der Waals surface area contributed by atoms with Crippen LogP contribution in [0.3, 0.4) is 0 Å². The number of hydrogen-bond donors (Lipinski definition) is 1. The van der Waals surface area contributed by atoms with Gasteiger partial charge in [0.25, 0.3) is 0 Å². The van der Waals surface area contributed by atoms with Gasteiger partial charge in [0.1, 0.15) is 11.5 Å². The summed E-state index contributed by atoms with van der Waals surface area (Å²) in [5.41, 5.74) is 2.88. The molecule has 1 aromatic heterocycles. The SMILES string of the molecule is COc1ccc(OC)c(NCc2nnc(-c3ccc(C)cc3)o2)c1. The number of nitrogens with zero attached hydrogens (tertiary/aromatic N) is 2. The Bertz CT molecular complexity index is 813. The van der Waals surface area contributed by atoms with E-state index in [0.717, 1.165) is 17.0 Å². The fourth-order valence-electron chi connectivity index (χ4n) is 2.26. The minimum Gasteiger partial charge on any atom is -0.497 e. The topological polar surface area (TPSA) is 69.4 Å². The lowest BCUT2D eigenvalue weighted by molar-refractivity contribution is 0.404. The quantitative estimate of drug-likeness (QED) is 0.745. The Labute approximate surface area is 140 Å². The largest absolute Gasteiger partial charge is 0.497 e. The van der Waals surface area contributed by atoms with Gasteiger partial charge in [0.2, 0.25) is 11.8 Å². The van der Waals surface area contributed by atoms with Crippen molar-refractivity contribution in [2.45, 2.75) is 13.5 Å². The van der Waals surface area contributed by atoms with Crippen LogP contribution in [-0.4, -0.2) is 24.4 Å². The van der Waals surface area contributed by atoms with Crippen LogP contribution in [0.15, 0.2) is 46.9 Å². The Morgan fingerprint density at radius 3 is 2.50 bits per heavy atom. The van der Waals surface area contributed by atoms with Gasteiger partial charge >= 0.3 is 0 Å². The van der Waals surface area contributed by atoms with E-state index in [1.54, 1.807) is 14.2 Å². The summed E-state index contributed by atoms with van der Waals surface area (Å²) in [7, 11) is 3.24. The predicted molar refractivity (Wildman–Crippen MR) is 91.3 cm³/mol. The third-order valence-corrected chi connectivity index (χ3v) is 3.60. The lowest BCUT2D eigenvalue weighted by atomic mass is 10.1. The summed E-state index contributed by atoms with van der Waals surface area (Å²) in [5.74, 6) is 2.46. The number of nitrogens with one attached hydrogen (secondary N) is 1. The standard InChI is InChI=1S/C18H19N3O3/c1-12-4-6-13(7-5-12)18-21-20-17(24-18)11-19-15-10-14(22-2)8-9-16(15)23-3/h4-10,19H,11H2,1-3H3. The number of methoxy groups -OCH3 is 2. The second kappa shape index (κ2) is 7.04. The normalized spacial score (nSPS) is 10.5. The Balaban J connectivity index is 1.73. The maximum atomic E-state index is 5.70. The van der Waals surface area contributed by atoms with Crippen molar-refractivity contribution < 1.29 is 13.9 Å². The van der Waals surface area contributed by atoms with Crippen molar-refractivity contribution in [2.24, 2.45) is 0 Å². The molecule has 0 amide bonds. The van der Waals surface area contributed by atoms with E-state index in [1.165, 1.54) is 5.56 Å². The van der Waals surface area contributed by atoms with Gasteiger partial charge in [0, 0.05) is 11.6 Å². The van der Waals surface area contributed by atoms with Crippen molar-refractivity contribution in [3.8, 4) is 23.0 Å². The highest BCUT2D eigenvalue weighted by molar-refractivity contribution is 5.59. The molecular formula is C18H19N3O3. The highest BCUT2D eigenvalue weighted by Gasteiger charge is 2.10. The lowest BCUT2D eigenvalue weighted by Gasteiger charge is -2.11. The van der Waals surface area contributed by atoms with Crippen molar-refractivity contribution in [1.29, 1.82) is 0 Å². The van der Waals surface area contributed by atoms with E-state index in [1.807, 2.05) is 49.4 Å². The molecule has 0 spiro atoms. The van der Waals surface area contributed by atoms with E-state index in [4.69, 9.17) is 13.9 Å². The molecule has 0 saturated carbocycles. The zero-order valence-electron chi connectivity index (χ0n) is 13.9. The molecule has 0 fully saturated rings. The Morgan fingerprint density at radius 1 is 1.00 bits per heavy atom. The van der Waals surface area contributed by atoms with Gasteiger partial charge in [-0.05, 0) is 31.2 Å². The first-order valence-electron chi connectivity index (χ1n) is 7.55. The Morgan fingerprint density at radius 2 is 1.79 bits per heavy atom. The average molecular weight is 325 g/mol. The third-order valence-electron chi connectivity index (χ3n) is 3.60. The third kappa shape index (κ3) is 3.48. The van der Waals surface area contributed by atoms with E-state index < -0.39 is 0 Å². The summed E-state index contributed by atoms with van der Waals surface area (Å²) in [6.07, 6.45) is 0. The van der Waals surface area contributed by atoms with Gasteiger partial charge in [0.15, 0.2) is 0 Å². The van der Waals surface area contributed by atoms with Crippen LogP contribution in [-0.2, 0) is 6.54 Å². The first-order chi connectivity index (χ1) is 11.7. The zero-order chi connectivity index (χ0) is 16.9. The summed E-state index contributed by atoms with van der Waals surface area (Å²) in [6.45, 7) is 2.43. The minimum absolute atomic E-state index is 0.391. The van der Waals surface area contributed by atoms with Gasteiger partial charge in [-0.1, -0.05) is 17.7 Å². The molecule has 124 valence electrons. The maximum absolute atomic E-state index is 5.70. The maximum Gasteiger partial charge on any atom is 0.247 e. The number of benzene rings is 2. The predicted octanol–water partition coefficient (Wildman–Crippen LogP) is 3.67. The lowest BCUT2D eigenvalue weighted by Crippen LogP contribution is -2.02. The molecule has 0 aliphatic rings. The second-order valence-electron chi connectivity index (χ2n) is 5.29. The Hall–Kier alpha value is -3.02. The van der Waals surface area contributed by atoms with Crippen molar-refractivity contribution >= 4 is 5.69 Å². The molecule has 6 heteroatoms. The molecule has 6 nitrogen and oxygen atoms in total. The highest BCUT2D eigenvalue weighted by atomic mass is 16.5. The summed E-state index contributed by atoms with van der Waals surface area (Å²) < 4.78 is 16.3. The van der Waals surface area contributed by atoms with Crippen LogP contribution in [0, 0.1) is 6.92 Å². The number of aromatic nitrogens is 2. The highest BCUT2D eigenvalue weighted by Crippen LogP contribution is 2.29. The number of hydrogen-bond acceptors (Lipinski definition) is 6. The smallest absolute Gasteiger partial charge is 0.247 e. The molecule has 0 aliphatic carbocycles. The number of anilines is 1. The average Bonchev–Trinajstić information content (AvgIpc) is 3.09. The van der Waals surface area contributed by atoms with Gasteiger partial charge in [-0.25, -0.2) is 0 Å². The van der Waals surface area contributed by atoms with Crippen LogP contribution >= 0.6 is 0 Å². The Kier molecular flexibility index (Phi) is 4.65. The molecule has 2 aromatic carbocycles. The van der Waals surface area contributed by atoms with Crippen molar-refractivity contribution in [3.63, 3.8) is 0 Å². The molecule has 24 heavy (non-hydrogen) atoms. The molecule has 1 heterocycles. The molecule has 3 aromatic rings. The molecule has 0 saturated heterocycles. The van der Waals surface area contributed by atoms with E-state index >= 15 is 0 Å². The molecule has 0 unspecified atom stereocenters. The van der Waals surface area contributed by atoms with Gasteiger partial charge < -0.3 is 19.2 Å². The minimum atomic E-state index is 0.391. The number of aryl methyl sites for hydroxylation is 1. The van der Waals surface area contributed by atoms with Crippen LogP contribution in [0.1, 0.15) is 11.5 Å². The first kappa shape index (κ1) is 15.9. The molecule has 0 radical (unpaired) electrons. The van der Waals surface area contributed by atoms with Crippen LogP contribution in [0.2, 0.25) is 0 Å². The second-order valence-corrected chi connectivity index (χ2v) is 5.29. The van der Waals surface area contributed by atoms with Gasteiger partial charge in [-0.3, -0.25) is 0 Å². The number of rotatable bonds is 6. The number of ether oxygens (including phenoxy) is 2. The van der Waals surface area contributed by atoms with Crippen LogP contribution in [0.5, 0.6) is 11.5 Å². The molecule has 0 bridgehead atoms. The summed E-state index contributed by atoms with van der Waals surface area (Å²) >= 11 is 0. The van der Waals surface area contributed by atoms with E-state index in [0.29, 0.717) is 24.1 Å².